The third-order valence-electron chi connectivity index (χ3n) is 2.99. The maximum atomic E-state index is 11.1. The summed E-state index contributed by atoms with van der Waals surface area (Å²) in [4.78, 5) is 11.1. The second-order valence-electron chi connectivity index (χ2n) is 3.74. The van der Waals surface area contributed by atoms with Crippen molar-refractivity contribution in [2.24, 2.45) is 11.8 Å². The summed E-state index contributed by atoms with van der Waals surface area (Å²) in [6.07, 6.45) is 9.73. The largest absolute Gasteiger partial charge is 0.300 e. The van der Waals surface area contributed by atoms with Crippen molar-refractivity contribution < 1.29 is 4.79 Å². The van der Waals surface area contributed by atoms with Gasteiger partial charge in [0, 0.05) is 12.8 Å². The van der Waals surface area contributed by atoms with Gasteiger partial charge >= 0.3 is 0 Å². The minimum atomic E-state index is 0.488. The smallest absolute Gasteiger partial charge is 0.133 e. The van der Waals surface area contributed by atoms with Crippen molar-refractivity contribution in [2.75, 3.05) is 0 Å². The normalized spacial score (nSPS) is 36.9. The zero-order chi connectivity index (χ0) is 7.68. The van der Waals surface area contributed by atoms with Gasteiger partial charge in [0.1, 0.15) is 5.78 Å². The summed E-state index contributed by atoms with van der Waals surface area (Å²) in [6.45, 7) is 0. The topological polar surface area (TPSA) is 17.1 Å². The number of ketones is 1. The van der Waals surface area contributed by atoms with E-state index in [1.165, 1.54) is 6.42 Å². The average Bonchev–Trinajstić information content (AvgIpc) is 2.04. The van der Waals surface area contributed by atoms with Gasteiger partial charge < -0.3 is 0 Å². The minimum Gasteiger partial charge on any atom is -0.300 e. The van der Waals surface area contributed by atoms with Crippen LogP contribution in [0.25, 0.3) is 0 Å². The molecule has 0 radical (unpaired) electrons. The van der Waals surface area contributed by atoms with Gasteiger partial charge in [0.15, 0.2) is 0 Å². The Bertz CT molecular complexity index is 193. The predicted octanol–water partition coefficient (Wildman–Crippen LogP) is 2.32. The van der Waals surface area contributed by atoms with Crippen LogP contribution in [0.5, 0.6) is 0 Å². The molecule has 60 valence electrons. The van der Waals surface area contributed by atoms with Crippen LogP contribution in [0.1, 0.15) is 32.1 Å². The molecule has 0 aromatic heterocycles. The molecule has 0 bridgehead atoms. The van der Waals surface area contributed by atoms with Crippen molar-refractivity contribution in [1.82, 2.24) is 0 Å². The highest BCUT2D eigenvalue weighted by Crippen LogP contribution is 2.35. The Morgan fingerprint density at radius 1 is 1.18 bits per heavy atom. The molecule has 0 unspecified atom stereocenters. The fourth-order valence-electron chi connectivity index (χ4n) is 2.27. The first-order valence-corrected chi connectivity index (χ1v) is 4.53. The summed E-state index contributed by atoms with van der Waals surface area (Å²) < 4.78 is 0. The van der Waals surface area contributed by atoms with Crippen molar-refractivity contribution >= 4 is 5.78 Å². The van der Waals surface area contributed by atoms with E-state index < -0.39 is 0 Å². The molecule has 0 aliphatic heterocycles. The summed E-state index contributed by atoms with van der Waals surface area (Å²) >= 11 is 0. The van der Waals surface area contributed by atoms with Crippen LogP contribution in [0.4, 0.5) is 0 Å². The molecule has 0 aromatic carbocycles. The van der Waals surface area contributed by atoms with Gasteiger partial charge in [-0.05, 0) is 31.1 Å². The van der Waals surface area contributed by atoms with E-state index in [1.54, 1.807) is 0 Å². The van der Waals surface area contributed by atoms with Crippen LogP contribution < -0.4 is 0 Å². The summed E-state index contributed by atoms with van der Waals surface area (Å²) in [6, 6.07) is 0. The molecule has 0 N–H and O–H groups in total. The number of Topliss-reactive ketones (excluding diaryl/α,β-unsaturated/α-hetero) is 1. The molecule has 11 heavy (non-hydrogen) atoms. The highest BCUT2D eigenvalue weighted by molar-refractivity contribution is 5.79. The first kappa shape index (κ1) is 7.08. The van der Waals surface area contributed by atoms with Crippen molar-refractivity contribution in [3.05, 3.63) is 12.2 Å². The maximum absolute atomic E-state index is 11.1. The highest BCUT2D eigenvalue weighted by Gasteiger charge is 2.28. The minimum absolute atomic E-state index is 0.488. The van der Waals surface area contributed by atoms with Crippen LogP contribution in [-0.4, -0.2) is 5.78 Å². The van der Waals surface area contributed by atoms with Gasteiger partial charge in [0.05, 0.1) is 0 Å². The molecule has 0 heterocycles. The molecule has 1 fully saturated rings. The van der Waals surface area contributed by atoms with E-state index in [-0.39, 0.29) is 0 Å². The molecule has 1 heteroatoms. The monoisotopic (exact) mass is 150 g/mol. The van der Waals surface area contributed by atoms with Crippen molar-refractivity contribution in [1.29, 1.82) is 0 Å². The molecule has 0 amide bonds. The van der Waals surface area contributed by atoms with Gasteiger partial charge in [0.25, 0.3) is 0 Å². The number of allylic oxidation sites excluding steroid dienone is 2. The third-order valence-corrected chi connectivity index (χ3v) is 2.99. The SMILES string of the molecule is O=C1CC[C@@H]2CC=CC[C@H]2C1. The molecule has 0 spiro atoms. The highest BCUT2D eigenvalue weighted by atomic mass is 16.1. The van der Waals surface area contributed by atoms with Gasteiger partial charge in [-0.2, -0.15) is 0 Å². The number of fused-ring (bicyclic) bond motifs is 1. The van der Waals surface area contributed by atoms with Gasteiger partial charge in [-0.3, -0.25) is 4.79 Å². The van der Waals surface area contributed by atoms with E-state index in [1.807, 2.05) is 0 Å². The van der Waals surface area contributed by atoms with Crippen LogP contribution in [0, 0.1) is 11.8 Å². The van der Waals surface area contributed by atoms with Crippen LogP contribution in [0.2, 0.25) is 0 Å². The molecule has 2 rings (SSSR count). The Hall–Kier alpha value is -0.590. The summed E-state index contributed by atoms with van der Waals surface area (Å²) in [5.41, 5.74) is 0. The van der Waals surface area contributed by atoms with Crippen molar-refractivity contribution in [3.8, 4) is 0 Å². The standard InChI is InChI=1S/C10H14O/c11-10-6-5-8-3-1-2-4-9(8)7-10/h1-2,8-9H,3-7H2/t8-,9-/m0/s1. The molecule has 0 aromatic rings. The molecule has 2 aliphatic carbocycles. The first-order valence-electron chi connectivity index (χ1n) is 4.53. The van der Waals surface area contributed by atoms with Gasteiger partial charge in [-0.15, -0.1) is 0 Å². The fraction of sp³-hybridized carbons (Fsp3) is 0.700. The number of rotatable bonds is 0. The van der Waals surface area contributed by atoms with Crippen molar-refractivity contribution in [2.45, 2.75) is 32.1 Å². The average molecular weight is 150 g/mol. The molecular formula is C10H14O. The van der Waals surface area contributed by atoms with Gasteiger partial charge in [0.2, 0.25) is 0 Å². The number of hydrogen-bond donors (Lipinski definition) is 0. The zero-order valence-corrected chi connectivity index (χ0v) is 6.75. The quantitative estimate of drug-likeness (QED) is 0.484. The Labute approximate surface area is 67.5 Å². The first-order chi connectivity index (χ1) is 5.36. The van der Waals surface area contributed by atoms with Crippen molar-refractivity contribution in [3.63, 3.8) is 0 Å². The van der Waals surface area contributed by atoms with E-state index in [2.05, 4.69) is 12.2 Å². The molecule has 2 aliphatic rings. The van der Waals surface area contributed by atoms with E-state index in [4.69, 9.17) is 0 Å². The Balaban J connectivity index is 2.06. The Kier molecular flexibility index (Phi) is 1.80. The lowest BCUT2D eigenvalue weighted by atomic mass is 9.73. The number of carbonyl (C=O) groups excluding carboxylic acids is 1. The number of hydrogen-bond acceptors (Lipinski definition) is 1. The van der Waals surface area contributed by atoms with Crippen LogP contribution in [0.15, 0.2) is 12.2 Å². The molecule has 1 saturated carbocycles. The maximum Gasteiger partial charge on any atom is 0.133 e. The molecule has 0 saturated heterocycles. The Morgan fingerprint density at radius 3 is 2.73 bits per heavy atom. The lowest BCUT2D eigenvalue weighted by Gasteiger charge is -2.31. The van der Waals surface area contributed by atoms with Crippen LogP contribution >= 0.6 is 0 Å². The zero-order valence-electron chi connectivity index (χ0n) is 6.75. The predicted molar refractivity (Wildman–Crippen MR) is 44.2 cm³/mol. The lowest BCUT2D eigenvalue weighted by Crippen LogP contribution is -2.25. The summed E-state index contributed by atoms with van der Waals surface area (Å²) in [7, 11) is 0. The van der Waals surface area contributed by atoms with Gasteiger partial charge in [-0.25, -0.2) is 0 Å². The number of carbonyl (C=O) groups is 1. The summed E-state index contributed by atoms with van der Waals surface area (Å²) in [5.74, 6) is 2.01. The molecule has 1 nitrogen and oxygen atoms in total. The lowest BCUT2D eigenvalue weighted by molar-refractivity contribution is -0.122. The molecule has 2 atom stereocenters. The van der Waals surface area contributed by atoms with E-state index in [0.717, 1.165) is 31.6 Å². The van der Waals surface area contributed by atoms with Crippen LogP contribution in [0.3, 0.4) is 0 Å². The van der Waals surface area contributed by atoms with E-state index in [0.29, 0.717) is 11.7 Å². The van der Waals surface area contributed by atoms with E-state index >= 15 is 0 Å². The summed E-state index contributed by atoms with van der Waals surface area (Å²) in [5, 5.41) is 0. The van der Waals surface area contributed by atoms with Crippen LogP contribution in [-0.2, 0) is 4.79 Å². The third kappa shape index (κ3) is 1.37. The fourth-order valence-corrected chi connectivity index (χ4v) is 2.27. The second kappa shape index (κ2) is 2.80. The Morgan fingerprint density at radius 2 is 1.91 bits per heavy atom. The van der Waals surface area contributed by atoms with Gasteiger partial charge in [-0.1, -0.05) is 12.2 Å². The van der Waals surface area contributed by atoms with E-state index in [9.17, 15) is 4.79 Å². The molecular weight excluding hydrogens is 136 g/mol. The second-order valence-corrected chi connectivity index (χ2v) is 3.74.